The van der Waals surface area contributed by atoms with E-state index in [0.717, 1.165) is 41.5 Å². The molecular formula is C21H23NO4. The van der Waals surface area contributed by atoms with Gasteiger partial charge in [0, 0.05) is 25.2 Å². The van der Waals surface area contributed by atoms with E-state index in [9.17, 15) is 5.11 Å². The molecule has 0 spiro atoms. The van der Waals surface area contributed by atoms with Crippen molar-refractivity contribution in [1.29, 1.82) is 0 Å². The zero-order chi connectivity index (χ0) is 17.9. The standard InChI is InChI=1S/C21H23NO4/c1-15(23)10-22(11-16-6-7-20-21(9-16)26-14-25-20)12-17-8-18-4-2-3-5-19(18)24-13-17/h2-9,15,23H,10-14H2,1H3/t15-/m0/s1. The Hall–Kier alpha value is -2.50. The molecule has 5 nitrogen and oxygen atoms in total. The molecule has 2 aromatic carbocycles. The minimum absolute atomic E-state index is 0.278. The van der Waals surface area contributed by atoms with Crippen LogP contribution in [0.3, 0.4) is 0 Å². The lowest BCUT2D eigenvalue weighted by atomic mass is 10.1. The third-order valence-corrected chi connectivity index (χ3v) is 4.48. The van der Waals surface area contributed by atoms with Crippen molar-refractivity contribution in [2.24, 2.45) is 0 Å². The number of hydrogen-bond donors (Lipinski definition) is 1. The first-order valence-corrected chi connectivity index (χ1v) is 8.87. The number of hydrogen-bond acceptors (Lipinski definition) is 5. The Morgan fingerprint density at radius 2 is 1.85 bits per heavy atom. The van der Waals surface area contributed by atoms with Gasteiger partial charge in [0.2, 0.25) is 6.79 Å². The number of fused-ring (bicyclic) bond motifs is 2. The molecule has 2 aliphatic rings. The largest absolute Gasteiger partial charge is 0.489 e. The van der Waals surface area contributed by atoms with Gasteiger partial charge in [-0.2, -0.15) is 0 Å². The van der Waals surface area contributed by atoms with Gasteiger partial charge in [-0.05, 0) is 42.3 Å². The molecule has 0 radical (unpaired) electrons. The quantitative estimate of drug-likeness (QED) is 0.865. The number of nitrogens with zero attached hydrogens (tertiary/aromatic N) is 1. The monoisotopic (exact) mass is 353 g/mol. The number of ether oxygens (including phenoxy) is 3. The number of rotatable bonds is 6. The van der Waals surface area contributed by atoms with E-state index in [4.69, 9.17) is 14.2 Å². The number of benzene rings is 2. The lowest BCUT2D eigenvalue weighted by molar-refractivity contribution is 0.126. The van der Waals surface area contributed by atoms with Crippen molar-refractivity contribution >= 4 is 6.08 Å². The molecule has 4 rings (SSSR count). The lowest BCUT2D eigenvalue weighted by Gasteiger charge is -2.27. The topological polar surface area (TPSA) is 51.2 Å². The average Bonchev–Trinajstić information content (AvgIpc) is 3.09. The third kappa shape index (κ3) is 3.84. The second-order valence-corrected chi connectivity index (χ2v) is 6.84. The smallest absolute Gasteiger partial charge is 0.231 e. The summed E-state index contributed by atoms with van der Waals surface area (Å²) in [6, 6.07) is 14.0. The van der Waals surface area contributed by atoms with Crippen LogP contribution in [-0.4, -0.2) is 42.6 Å². The first kappa shape index (κ1) is 16.9. The maximum absolute atomic E-state index is 9.91. The van der Waals surface area contributed by atoms with Crippen molar-refractivity contribution < 1.29 is 19.3 Å². The van der Waals surface area contributed by atoms with Crippen molar-refractivity contribution in [1.82, 2.24) is 4.90 Å². The molecule has 0 bridgehead atoms. The highest BCUT2D eigenvalue weighted by Crippen LogP contribution is 2.33. The van der Waals surface area contributed by atoms with Crippen LogP contribution in [0.5, 0.6) is 17.2 Å². The molecule has 5 heteroatoms. The van der Waals surface area contributed by atoms with E-state index in [-0.39, 0.29) is 6.79 Å². The average molecular weight is 353 g/mol. The van der Waals surface area contributed by atoms with Crippen molar-refractivity contribution in [3.05, 3.63) is 59.2 Å². The number of para-hydroxylation sites is 1. The highest BCUT2D eigenvalue weighted by molar-refractivity contribution is 5.62. The number of aliphatic hydroxyl groups is 1. The van der Waals surface area contributed by atoms with Crippen LogP contribution >= 0.6 is 0 Å². The van der Waals surface area contributed by atoms with Crippen LogP contribution in [0.4, 0.5) is 0 Å². The van der Waals surface area contributed by atoms with Crippen LogP contribution in [0.25, 0.3) is 6.08 Å². The second kappa shape index (κ2) is 7.40. The predicted molar refractivity (Wildman–Crippen MR) is 99.4 cm³/mol. The van der Waals surface area contributed by atoms with Crippen LogP contribution in [0.15, 0.2) is 48.0 Å². The van der Waals surface area contributed by atoms with Gasteiger partial charge in [-0.1, -0.05) is 24.3 Å². The number of aliphatic hydroxyl groups excluding tert-OH is 1. The first-order chi connectivity index (χ1) is 12.7. The molecule has 2 heterocycles. The molecule has 0 aromatic heterocycles. The molecular weight excluding hydrogens is 330 g/mol. The highest BCUT2D eigenvalue weighted by atomic mass is 16.7. The van der Waals surface area contributed by atoms with Gasteiger partial charge in [0.1, 0.15) is 12.4 Å². The molecule has 0 saturated carbocycles. The van der Waals surface area contributed by atoms with Crippen molar-refractivity contribution in [3.63, 3.8) is 0 Å². The normalized spacial score (nSPS) is 16.0. The summed E-state index contributed by atoms with van der Waals surface area (Å²) in [6.07, 6.45) is 1.79. The molecule has 0 saturated heterocycles. The summed E-state index contributed by atoms with van der Waals surface area (Å²) in [5.41, 5.74) is 3.44. The van der Waals surface area contributed by atoms with Crippen LogP contribution in [-0.2, 0) is 6.54 Å². The molecule has 0 amide bonds. The molecule has 2 aliphatic heterocycles. The fourth-order valence-corrected chi connectivity index (χ4v) is 3.40. The van der Waals surface area contributed by atoms with Crippen molar-refractivity contribution in [3.8, 4) is 17.2 Å². The van der Waals surface area contributed by atoms with Crippen LogP contribution in [0, 0.1) is 0 Å². The van der Waals surface area contributed by atoms with Gasteiger partial charge in [-0.15, -0.1) is 0 Å². The predicted octanol–water partition coefficient (Wildman–Crippen LogP) is 3.07. The summed E-state index contributed by atoms with van der Waals surface area (Å²) >= 11 is 0. The lowest BCUT2D eigenvalue weighted by Crippen LogP contribution is -2.33. The third-order valence-electron chi connectivity index (χ3n) is 4.48. The summed E-state index contributed by atoms with van der Waals surface area (Å²) < 4.78 is 16.7. The van der Waals surface area contributed by atoms with E-state index in [0.29, 0.717) is 13.2 Å². The zero-order valence-electron chi connectivity index (χ0n) is 14.9. The van der Waals surface area contributed by atoms with E-state index < -0.39 is 6.10 Å². The molecule has 2 aromatic rings. The molecule has 1 atom stereocenters. The fourth-order valence-electron chi connectivity index (χ4n) is 3.40. The highest BCUT2D eigenvalue weighted by Gasteiger charge is 2.18. The summed E-state index contributed by atoms with van der Waals surface area (Å²) in [6.45, 7) is 4.73. The minimum Gasteiger partial charge on any atom is -0.489 e. The SMILES string of the molecule is C[C@H](O)CN(CC1=Cc2ccccc2OC1)Cc1ccc2c(c1)OCO2. The van der Waals surface area contributed by atoms with Gasteiger partial charge in [0.15, 0.2) is 11.5 Å². The Balaban J connectivity index is 1.49. The summed E-state index contributed by atoms with van der Waals surface area (Å²) in [7, 11) is 0. The Bertz CT molecular complexity index is 815. The van der Waals surface area contributed by atoms with Gasteiger partial charge in [-0.3, -0.25) is 4.90 Å². The molecule has 0 unspecified atom stereocenters. The van der Waals surface area contributed by atoms with E-state index in [1.807, 2.05) is 43.3 Å². The Kier molecular flexibility index (Phi) is 4.82. The van der Waals surface area contributed by atoms with Gasteiger partial charge in [0.05, 0.1) is 6.10 Å². The van der Waals surface area contributed by atoms with E-state index >= 15 is 0 Å². The van der Waals surface area contributed by atoms with Gasteiger partial charge >= 0.3 is 0 Å². The minimum atomic E-state index is -0.401. The van der Waals surface area contributed by atoms with E-state index in [2.05, 4.69) is 17.0 Å². The van der Waals surface area contributed by atoms with Crippen LogP contribution in [0.2, 0.25) is 0 Å². The Morgan fingerprint density at radius 1 is 1.00 bits per heavy atom. The van der Waals surface area contributed by atoms with Crippen LogP contribution in [0.1, 0.15) is 18.1 Å². The summed E-state index contributed by atoms with van der Waals surface area (Å²) in [5.74, 6) is 2.50. The summed E-state index contributed by atoms with van der Waals surface area (Å²) in [4.78, 5) is 2.23. The maximum Gasteiger partial charge on any atom is 0.231 e. The maximum atomic E-state index is 9.91. The van der Waals surface area contributed by atoms with Crippen molar-refractivity contribution in [2.45, 2.75) is 19.6 Å². The summed E-state index contributed by atoms with van der Waals surface area (Å²) in [5, 5.41) is 9.91. The van der Waals surface area contributed by atoms with Gasteiger partial charge in [0.25, 0.3) is 0 Å². The first-order valence-electron chi connectivity index (χ1n) is 8.87. The molecule has 26 heavy (non-hydrogen) atoms. The molecule has 1 N–H and O–H groups in total. The van der Waals surface area contributed by atoms with Gasteiger partial charge < -0.3 is 19.3 Å². The van der Waals surface area contributed by atoms with E-state index in [1.54, 1.807) is 0 Å². The van der Waals surface area contributed by atoms with E-state index in [1.165, 1.54) is 5.57 Å². The molecule has 0 fully saturated rings. The second-order valence-electron chi connectivity index (χ2n) is 6.84. The van der Waals surface area contributed by atoms with Gasteiger partial charge in [-0.25, -0.2) is 0 Å². The zero-order valence-corrected chi connectivity index (χ0v) is 14.9. The molecule has 136 valence electrons. The van der Waals surface area contributed by atoms with Crippen molar-refractivity contribution in [2.75, 3.05) is 26.5 Å². The van der Waals surface area contributed by atoms with Crippen LogP contribution < -0.4 is 14.2 Å². The molecule has 0 aliphatic carbocycles. The fraction of sp³-hybridized carbons (Fsp3) is 0.333. The Labute approximate surface area is 153 Å². The Morgan fingerprint density at radius 3 is 2.73 bits per heavy atom.